The van der Waals surface area contributed by atoms with Crippen molar-refractivity contribution in [1.82, 2.24) is 14.9 Å². The maximum atomic E-state index is 13.0. The van der Waals surface area contributed by atoms with Crippen LogP contribution in [0.5, 0.6) is 0 Å². The Balaban J connectivity index is 1.48. The average molecular weight is 359 g/mol. The number of piperazine rings is 1. The summed E-state index contributed by atoms with van der Waals surface area (Å²) >= 11 is 0. The van der Waals surface area contributed by atoms with Crippen LogP contribution < -0.4 is 4.90 Å². The van der Waals surface area contributed by atoms with Gasteiger partial charge in [-0.15, -0.1) is 0 Å². The van der Waals surface area contributed by atoms with Crippen molar-refractivity contribution in [1.29, 1.82) is 5.26 Å². The highest BCUT2D eigenvalue weighted by Crippen LogP contribution is 2.24. The lowest BCUT2D eigenvalue weighted by Crippen LogP contribution is -2.49. The van der Waals surface area contributed by atoms with E-state index in [1.807, 2.05) is 24.0 Å². The fraction of sp³-hybridized carbons (Fsp3) is 0.286. The zero-order valence-corrected chi connectivity index (χ0v) is 15.5. The molecule has 0 bridgehead atoms. The lowest BCUT2D eigenvalue weighted by Gasteiger charge is -2.35. The molecule has 0 spiro atoms. The highest BCUT2D eigenvalue weighted by atomic mass is 16.2. The third-order valence-corrected chi connectivity index (χ3v) is 5.20. The molecule has 0 unspecified atom stereocenters. The van der Waals surface area contributed by atoms with Crippen molar-refractivity contribution < 1.29 is 4.79 Å². The van der Waals surface area contributed by atoms with Gasteiger partial charge in [0.25, 0.3) is 5.91 Å². The normalized spacial score (nSPS) is 14.4. The Bertz CT molecular complexity index is 1040. The smallest absolute Gasteiger partial charge is 0.270 e. The van der Waals surface area contributed by atoms with E-state index in [-0.39, 0.29) is 5.91 Å². The van der Waals surface area contributed by atoms with Crippen LogP contribution in [-0.2, 0) is 0 Å². The number of hydrogen-bond acceptors (Lipinski definition) is 4. The minimum absolute atomic E-state index is 0.0498. The number of aromatic nitrogens is 2. The van der Waals surface area contributed by atoms with Crippen LogP contribution in [0.1, 0.15) is 27.2 Å². The van der Waals surface area contributed by atoms with Gasteiger partial charge in [0.15, 0.2) is 0 Å². The fourth-order valence-corrected chi connectivity index (χ4v) is 3.59. The lowest BCUT2D eigenvalue weighted by atomic mass is 10.1. The van der Waals surface area contributed by atoms with Crippen molar-refractivity contribution in [3.05, 3.63) is 58.9 Å². The third kappa shape index (κ3) is 3.13. The van der Waals surface area contributed by atoms with Gasteiger partial charge in [-0.3, -0.25) is 4.79 Å². The number of aryl methyl sites for hydroxylation is 2. The number of nitriles is 1. The van der Waals surface area contributed by atoms with Crippen molar-refractivity contribution in [3.63, 3.8) is 0 Å². The van der Waals surface area contributed by atoms with Gasteiger partial charge in [0.05, 0.1) is 5.56 Å². The van der Waals surface area contributed by atoms with Crippen molar-refractivity contribution >= 4 is 22.6 Å². The third-order valence-electron chi connectivity index (χ3n) is 5.20. The summed E-state index contributed by atoms with van der Waals surface area (Å²) in [6.07, 6.45) is 1.59. The predicted octanol–water partition coefficient (Wildman–Crippen LogP) is 3.01. The number of fused-ring (bicyclic) bond motifs is 1. The number of H-pyrrole nitrogens is 1. The van der Waals surface area contributed by atoms with Crippen LogP contribution in [0.2, 0.25) is 0 Å². The number of anilines is 1. The van der Waals surface area contributed by atoms with Crippen molar-refractivity contribution in [3.8, 4) is 6.07 Å². The minimum atomic E-state index is 0.0498. The maximum Gasteiger partial charge on any atom is 0.270 e. The first-order chi connectivity index (χ1) is 13.1. The number of carbonyl (C=O) groups excluding carboxylic acids is 1. The van der Waals surface area contributed by atoms with Gasteiger partial charge >= 0.3 is 0 Å². The number of pyridine rings is 1. The van der Waals surface area contributed by atoms with E-state index in [2.05, 4.69) is 40.0 Å². The molecule has 1 fully saturated rings. The van der Waals surface area contributed by atoms with Gasteiger partial charge in [-0.05, 0) is 43.7 Å². The van der Waals surface area contributed by atoms with Gasteiger partial charge in [-0.1, -0.05) is 11.6 Å². The number of aromatic amines is 1. The van der Waals surface area contributed by atoms with Crippen molar-refractivity contribution in [2.24, 2.45) is 0 Å². The number of rotatable bonds is 2. The summed E-state index contributed by atoms with van der Waals surface area (Å²) < 4.78 is 0. The molecule has 0 atom stereocenters. The summed E-state index contributed by atoms with van der Waals surface area (Å²) in [5.41, 5.74) is 4.43. The van der Waals surface area contributed by atoms with E-state index in [1.165, 1.54) is 5.56 Å². The van der Waals surface area contributed by atoms with E-state index in [4.69, 9.17) is 5.26 Å². The minimum Gasteiger partial charge on any atom is -0.353 e. The van der Waals surface area contributed by atoms with Crippen molar-refractivity contribution in [2.75, 3.05) is 31.1 Å². The van der Waals surface area contributed by atoms with E-state index in [0.29, 0.717) is 24.3 Å². The van der Waals surface area contributed by atoms with Gasteiger partial charge in [-0.2, -0.15) is 5.26 Å². The molecule has 6 heteroatoms. The first-order valence-electron chi connectivity index (χ1n) is 9.06. The van der Waals surface area contributed by atoms with Crippen LogP contribution in [0, 0.1) is 25.2 Å². The van der Waals surface area contributed by atoms with E-state index < -0.39 is 0 Å². The molecule has 1 aliphatic heterocycles. The van der Waals surface area contributed by atoms with Gasteiger partial charge in [0.1, 0.15) is 17.6 Å². The summed E-state index contributed by atoms with van der Waals surface area (Å²) in [5, 5.41) is 9.99. The van der Waals surface area contributed by atoms with E-state index in [0.717, 1.165) is 35.4 Å². The molecule has 27 heavy (non-hydrogen) atoms. The molecule has 0 saturated carbocycles. The Labute approximate surface area is 158 Å². The predicted molar refractivity (Wildman–Crippen MR) is 105 cm³/mol. The Morgan fingerprint density at radius 1 is 1.15 bits per heavy atom. The summed E-state index contributed by atoms with van der Waals surface area (Å²) in [6, 6.07) is 11.9. The van der Waals surface area contributed by atoms with Crippen LogP contribution in [-0.4, -0.2) is 47.0 Å². The standard InChI is InChI=1S/C21H21N5O/c1-14-3-5-18-17(11-14)15(2)20(24-18)21(27)26-9-7-25(8-10-26)19-6-4-16(12-22)13-23-19/h3-6,11,13,24H,7-10H2,1-2H3. The number of hydrogen-bond donors (Lipinski definition) is 1. The molecule has 6 nitrogen and oxygen atoms in total. The molecule has 0 aliphatic carbocycles. The molecule has 136 valence electrons. The summed E-state index contributed by atoms with van der Waals surface area (Å²) in [7, 11) is 0. The number of carbonyl (C=O) groups is 1. The number of nitrogens with one attached hydrogen (secondary N) is 1. The highest BCUT2D eigenvalue weighted by molar-refractivity contribution is 6.01. The second kappa shape index (κ2) is 6.76. The SMILES string of the molecule is Cc1ccc2[nH]c(C(=O)N3CCN(c4ccc(C#N)cn4)CC3)c(C)c2c1. The molecule has 1 amide bonds. The Kier molecular flexibility index (Phi) is 4.28. The van der Waals surface area contributed by atoms with Crippen LogP contribution in [0.3, 0.4) is 0 Å². The highest BCUT2D eigenvalue weighted by Gasteiger charge is 2.25. The van der Waals surface area contributed by atoms with E-state index >= 15 is 0 Å². The van der Waals surface area contributed by atoms with Gasteiger partial charge in [-0.25, -0.2) is 4.98 Å². The van der Waals surface area contributed by atoms with Gasteiger partial charge in [0.2, 0.25) is 0 Å². The average Bonchev–Trinajstić information content (AvgIpc) is 3.04. The first-order valence-corrected chi connectivity index (χ1v) is 9.06. The summed E-state index contributed by atoms with van der Waals surface area (Å²) in [6.45, 7) is 6.81. The number of benzene rings is 1. The summed E-state index contributed by atoms with van der Waals surface area (Å²) in [4.78, 5) is 24.7. The van der Waals surface area contributed by atoms with Crippen LogP contribution in [0.15, 0.2) is 36.5 Å². The fourth-order valence-electron chi connectivity index (χ4n) is 3.59. The molecule has 3 aromatic rings. The van der Waals surface area contributed by atoms with Crippen molar-refractivity contribution in [2.45, 2.75) is 13.8 Å². The van der Waals surface area contributed by atoms with E-state index in [9.17, 15) is 4.79 Å². The molecule has 1 aliphatic rings. The molecule has 1 aromatic carbocycles. The second-order valence-corrected chi connectivity index (χ2v) is 6.97. The zero-order chi connectivity index (χ0) is 19.0. The first kappa shape index (κ1) is 17.1. The maximum absolute atomic E-state index is 13.0. The van der Waals surface area contributed by atoms with Crippen LogP contribution in [0.25, 0.3) is 10.9 Å². The largest absolute Gasteiger partial charge is 0.353 e. The molecule has 0 radical (unpaired) electrons. The number of amides is 1. The van der Waals surface area contributed by atoms with Gasteiger partial charge in [0, 0.05) is 43.3 Å². The van der Waals surface area contributed by atoms with Gasteiger partial charge < -0.3 is 14.8 Å². The topological polar surface area (TPSA) is 76.0 Å². The molecule has 4 rings (SSSR count). The van der Waals surface area contributed by atoms with E-state index in [1.54, 1.807) is 12.3 Å². The second-order valence-electron chi connectivity index (χ2n) is 6.97. The molecular formula is C21H21N5O. The number of nitrogens with zero attached hydrogens (tertiary/aromatic N) is 4. The van der Waals surface area contributed by atoms with Crippen LogP contribution in [0.4, 0.5) is 5.82 Å². The lowest BCUT2D eigenvalue weighted by molar-refractivity contribution is 0.0741. The van der Waals surface area contributed by atoms with Crippen LogP contribution >= 0.6 is 0 Å². The quantitative estimate of drug-likeness (QED) is 0.763. The molecule has 1 saturated heterocycles. The Morgan fingerprint density at radius 3 is 2.59 bits per heavy atom. The molecule has 2 aromatic heterocycles. The Morgan fingerprint density at radius 2 is 1.93 bits per heavy atom. The Hall–Kier alpha value is -3.33. The summed E-state index contributed by atoms with van der Waals surface area (Å²) in [5.74, 6) is 0.896. The zero-order valence-electron chi connectivity index (χ0n) is 15.5. The molecule has 1 N–H and O–H groups in total. The molecular weight excluding hydrogens is 338 g/mol. The monoisotopic (exact) mass is 359 g/mol. The molecule has 3 heterocycles.